The molecule has 1 saturated heterocycles. The van der Waals surface area contributed by atoms with E-state index in [2.05, 4.69) is 46.1 Å². The van der Waals surface area contributed by atoms with Crippen LogP contribution in [0.1, 0.15) is 12.0 Å². The van der Waals surface area contributed by atoms with E-state index in [1.165, 1.54) is 16.3 Å². The van der Waals surface area contributed by atoms with Crippen molar-refractivity contribution in [2.75, 3.05) is 44.2 Å². The van der Waals surface area contributed by atoms with E-state index < -0.39 is 0 Å². The number of aryl methyl sites for hydroxylation is 2. The van der Waals surface area contributed by atoms with Gasteiger partial charge in [-0.05, 0) is 43.2 Å². The first-order valence-corrected chi connectivity index (χ1v) is 9.58. The van der Waals surface area contributed by atoms with Gasteiger partial charge in [-0.2, -0.15) is 5.10 Å². The van der Waals surface area contributed by atoms with Crippen LogP contribution in [0.25, 0.3) is 0 Å². The predicted octanol–water partition coefficient (Wildman–Crippen LogP) is 1.82. The third kappa shape index (κ3) is 5.44. The van der Waals surface area contributed by atoms with Crippen LogP contribution in [0.5, 0.6) is 0 Å². The zero-order valence-corrected chi connectivity index (χ0v) is 16.3. The molecule has 0 spiro atoms. The zero-order chi connectivity index (χ0) is 19.1. The summed E-state index contributed by atoms with van der Waals surface area (Å²) < 4.78 is 1.90. The molecule has 0 saturated carbocycles. The number of rotatable bonds is 7. The third-order valence-corrected chi connectivity index (χ3v) is 4.98. The minimum atomic E-state index is 0.635. The Morgan fingerprint density at radius 2 is 1.93 bits per heavy atom. The molecule has 0 radical (unpaired) electrons. The molecule has 2 heterocycles. The van der Waals surface area contributed by atoms with Gasteiger partial charge in [0.25, 0.3) is 0 Å². The fourth-order valence-corrected chi connectivity index (χ4v) is 3.39. The van der Waals surface area contributed by atoms with Crippen LogP contribution in [0.15, 0.2) is 53.8 Å². The Morgan fingerprint density at radius 1 is 1.11 bits per heavy atom. The molecule has 1 aromatic heterocycles. The van der Waals surface area contributed by atoms with Crippen LogP contribution in [-0.4, -0.2) is 60.2 Å². The number of nitrogens with zero attached hydrogens (tertiary/aromatic N) is 5. The van der Waals surface area contributed by atoms with Crippen LogP contribution in [0, 0.1) is 6.92 Å². The van der Waals surface area contributed by atoms with E-state index in [-0.39, 0.29) is 0 Å². The van der Waals surface area contributed by atoms with E-state index in [4.69, 9.17) is 0 Å². The van der Waals surface area contributed by atoms with Crippen molar-refractivity contribution in [3.8, 4) is 0 Å². The summed E-state index contributed by atoms with van der Waals surface area (Å²) in [6, 6.07) is 14.5. The lowest BCUT2D eigenvalue weighted by atomic mass is 10.2. The Balaban J connectivity index is 1.45. The third-order valence-electron chi connectivity index (χ3n) is 4.98. The van der Waals surface area contributed by atoms with Crippen LogP contribution >= 0.6 is 0 Å². The number of carbonyl (C=O) groups is 1. The van der Waals surface area contributed by atoms with E-state index in [0.29, 0.717) is 6.54 Å². The van der Waals surface area contributed by atoms with Crippen molar-refractivity contribution < 1.29 is 4.79 Å². The summed E-state index contributed by atoms with van der Waals surface area (Å²) >= 11 is 0. The van der Waals surface area contributed by atoms with Gasteiger partial charge in [0.05, 0.1) is 0 Å². The molecular weight excluding hydrogens is 338 g/mol. The van der Waals surface area contributed by atoms with Crippen molar-refractivity contribution in [1.29, 1.82) is 0 Å². The molecule has 27 heavy (non-hydrogen) atoms. The van der Waals surface area contributed by atoms with Crippen molar-refractivity contribution >= 4 is 12.1 Å². The Labute approximate surface area is 161 Å². The van der Waals surface area contributed by atoms with Gasteiger partial charge in [-0.25, -0.2) is 5.01 Å². The van der Waals surface area contributed by atoms with Crippen molar-refractivity contribution in [2.45, 2.75) is 13.3 Å². The lowest BCUT2D eigenvalue weighted by Crippen LogP contribution is -2.47. The molecule has 3 rings (SSSR count). The molecule has 0 atom stereocenters. The van der Waals surface area contributed by atoms with E-state index >= 15 is 0 Å². The molecule has 2 aromatic rings. The van der Waals surface area contributed by atoms with E-state index in [1.807, 2.05) is 36.0 Å². The fourth-order valence-electron chi connectivity index (χ4n) is 3.39. The van der Waals surface area contributed by atoms with Gasteiger partial charge in [-0.3, -0.25) is 9.69 Å². The first-order valence-electron chi connectivity index (χ1n) is 9.58. The maximum atomic E-state index is 11.3. The van der Waals surface area contributed by atoms with Gasteiger partial charge < -0.3 is 9.47 Å². The second-order valence-electron chi connectivity index (χ2n) is 7.06. The van der Waals surface area contributed by atoms with Gasteiger partial charge in [0.15, 0.2) is 5.49 Å². The molecule has 1 aromatic carbocycles. The molecule has 0 aliphatic carbocycles. The smallest absolute Gasteiger partial charge is 0.229 e. The standard InChI is InChI=1S/C21H29N5O/c1-19-7-5-8-20(17-19)25-15-13-24(14-16-25)11-6-12-26(18-27)22-21-9-3-4-10-23(21)2/h3-5,7-10,17-18H,6,11-16H2,1-2H3/b22-21-. The Hall–Kier alpha value is -2.60. The number of anilines is 1. The minimum Gasteiger partial charge on any atom is -0.369 e. The van der Waals surface area contributed by atoms with Gasteiger partial charge in [-0.15, -0.1) is 0 Å². The molecule has 0 unspecified atom stereocenters. The first-order chi connectivity index (χ1) is 13.2. The molecule has 1 aliphatic heterocycles. The fraction of sp³-hybridized carbons (Fsp3) is 0.429. The summed E-state index contributed by atoms with van der Waals surface area (Å²) in [4.78, 5) is 16.3. The maximum Gasteiger partial charge on any atom is 0.229 e. The summed E-state index contributed by atoms with van der Waals surface area (Å²) in [5.74, 6) is 0. The highest BCUT2D eigenvalue weighted by atomic mass is 16.1. The molecule has 0 bridgehead atoms. The van der Waals surface area contributed by atoms with E-state index in [1.54, 1.807) is 0 Å². The van der Waals surface area contributed by atoms with Gasteiger partial charge in [0, 0.05) is 58.2 Å². The summed E-state index contributed by atoms with van der Waals surface area (Å²) in [5, 5.41) is 5.92. The highest BCUT2D eigenvalue weighted by Crippen LogP contribution is 2.17. The molecule has 1 aliphatic rings. The normalized spacial score (nSPS) is 15.8. The van der Waals surface area contributed by atoms with Crippen molar-refractivity contribution in [3.63, 3.8) is 0 Å². The second kappa shape index (κ2) is 9.37. The summed E-state index contributed by atoms with van der Waals surface area (Å²) in [5.41, 5.74) is 3.40. The lowest BCUT2D eigenvalue weighted by molar-refractivity contribution is -0.118. The zero-order valence-electron chi connectivity index (χ0n) is 16.3. The average Bonchev–Trinajstić information content (AvgIpc) is 2.69. The number of aromatic nitrogens is 1. The van der Waals surface area contributed by atoms with E-state index in [9.17, 15) is 4.79 Å². The highest BCUT2D eigenvalue weighted by Gasteiger charge is 2.17. The van der Waals surface area contributed by atoms with Crippen LogP contribution in [0.2, 0.25) is 0 Å². The quantitative estimate of drug-likeness (QED) is 0.554. The van der Waals surface area contributed by atoms with Gasteiger partial charge in [0.1, 0.15) is 0 Å². The Morgan fingerprint density at radius 3 is 2.63 bits per heavy atom. The number of hydrogen-bond donors (Lipinski definition) is 0. The monoisotopic (exact) mass is 367 g/mol. The SMILES string of the molecule is Cc1cccc(N2CCN(CCCN(C=O)/N=c3/ccccn3C)CC2)c1. The number of hydrogen-bond acceptors (Lipinski definition) is 4. The predicted molar refractivity (Wildman–Crippen MR) is 108 cm³/mol. The number of pyridine rings is 1. The van der Waals surface area contributed by atoms with Gasteiger partial charge >= 0.3 is 0 Å². The summed E-state index contributed by atoms with van der Waals surface area (Å²) in [6.45, 7) is 7.97. The molecule has 144 valence electrons. The molecule has 1 amide bonds. The van der Waals surface area contributed by atoms with Crippen molar-refractivity contribution in [1.82, 2.24) is 14.5 Å². The summed E-state index contributed by atoms with van der Waals surface area (Å²) in [7, 11) is 1.93. The highest BCUT2D eigenvalue weighted by molar-refractivity contribution is 5.48. The van der Waals surface area contributed by atoms with Crippen LogP contribution in [-0.2, 0) is 11.8 Å². The average molecular weight is 367 g/mol. The molecule has 0 N–H and O–H groups in total. The second-order valence-corrected chi connectivity index (χ2v) is 7.06. The largest absolute Gasteiger partial charge is 0.369 e. The molecular formula is C21H29N5O. The molecule has 1 fully saturated rings. The molecule has 6 nitrogen and oxygen atoms in total. The number of amides is 1. The lowest BCUT2D eigenvalue weighted by Gasteiger charge is -2.36. The number of piperazine rings is 1. The first kappa shape index (κ1) is 19.2. The Kier molecular flexibility index (Phi) is 6.65. The van der Waals surface area contributed by atoms with Crippen molar-refractivity contribution in [3.05, 3.63) is 59.7 Å². The van der Waals surface area contributed by atoms with Crippen molar-refractivity contribution in [2.24, 2.45) is 12.1 Å². The number of benzene rings is 1. The Bertz CT molecular complexity index is 808. The minimum absolute atomic E-state index is 0.635. The molecule has 6 heteroatoms. The van der Waals surface area contributed by atoms with Crippen LogP contribution in [0.3, 0.4) is 0 Å². The van der Waals surface area contributed by atoms with Gasteiger partial charge in [0.2, 0.25) is 6.41 Å². The topological polar surface area (TPSA) is 44.1 Å². The maximum absolute atomic E-state index is 11.3. The van der Waals surface area contributed by atoms with Gasteiger partial charge in [-0.1, -0.05) is 18.2 Å². The summed E-state index contributed by atoms with van der Waals surface area (Å²) in [6.07, 6.45) is 3.65. The van der Waals surface area contributed by atoms with Crippen LogP contribution < -0.4 is 10.4 Å². The van der Waals surface area contributed by atoms with Crippen LogP contribution in [0.4, 0.5) is 5.69 Å². The number of carbonyl (C=O) groups excluding carboxylic acids is 1. The van der Waals surface area contributed by atoms with E-state index in [0.717, 1.165) is 51.0 Å².